The minimum absolute atomic E-state index is 0.290. The number of hydrogen-bond donors (Lipinski definition) is 0. The Morgan fingerprint density at radius 3 is 1.48 bits per heavy atom. The van der Waals surface area contributed by atoms with Gasteiger partial charge in [0.05, 0.1) is 0 Å². The van der Waals surface area contributed by atoms with Crippen LogP contribution in [0.25, 0.3) is 0 Å². The third-order valence-corrected chi connectivity index (χ3v) is 9.65. The molecule has 0 amide bonds. The normalized spacial score (nSPS) is 13.2. The van der Waals surface area contributed by atoms with E-state index in [1.165, 1.54) is 50.9 Å². The number of hydrogen-bond acceptors (Lipinski definition) is 0. The molecular weight excluding hydrogens is 574 g/mol. The maximum atomic E-state index is 3.72. The van der Waals surface area contributed by atoms with E-state index in [1.54, 1.807) is 0 Å². The molecule has 160 valence electrons. The first kappa shape index (κ1) is 23.4. The van der Waals surface area contributed by atoms with Crippen LogP contribution >= 0.6 is 31.9 Å². The van der Waals surface area contributed by atoms with Gasteiger partial charge in [-0.3, -0.25) is 0 Å². The average molecular weight is 603 g/mol. The Bertz CT molecular complexity index is 1050. The fourth-order valence-corrected chi connectivity index (χ4v) is 8.57. The average Bonchev–Trinajstić information content (AvgIpc) is 2.70. The molecular formula is C27H29BBr2Se. The van der Waals surface area contributed by atoms with Crippen molar-refractivity contribution < 1.29 is 0 Å². The zero-order valence-corrected chi connectivity index (χ0v) is 24.0. The standard InChI is InChI=1S/C27H29BBr2Se/c1-15(2)18-11-21(16(3)4)27(22(12-18)17(5)6)28-23-9-7-19(29)13-25(23)31-26-14-20(30)8-10-24(26)28/h7-17H,1-6H3. The van der Waals surface area contributed by atoms with E-state index < -0.39 is 0 Å². The van der Waals surface area contributed by atoms with Gasteiger partial charge in [-0.25, -0.2) is 0 Å². The Morgan fingerprint density at radius 1 is 0.645 bits per heavy atom. The first-order valence-corrected chi connectivity index (χ1v) is 14.4. The first-order valence-electron chi connectivity index (χ1n) is 11.1. The van der Waals surface area contributed by atoms with Gasteiger partial charge in [0.15, 0.2) is 0 Å². The van der Waals surface area contributed by atoms with E-state index >= 15 is 0 Å². The summed E-state index contributed by atoms with van der Waals surface area (Å²) in [4.78, 5) is 0. The van der Waals surface area contributed by atoms with Crippen molar-refractivity contribution in [1.82, 2.24) is 0 Å². The Morgan fingerprint density at radius 2 is 1.10 bits per heavy atom. The molecule has 0 fully saturated rings. The molecule has 1 aliphatic heterocycles. The molecule has 0 nitrogen and oxygen atoms in total. The Labute approximate surface area is 211 Å². The molecule has 0 saturated carbocycles. The van der Waals surface area contributed by atoms with Crippen molar-refractivity contribution >= 4 is 78.8 Å². The molecule has 0 spiro atoms. The molecule has 0 radical (unpaired) electrons. The van der Waals surface area contributed by atoms with Crippen LogP contribution in [0.15, 0.2) is 57.5 Å². The molecule has 0 unspecified atom stereocenters. The molecule has 4 rings (SSSR count). The maximum absolute atomic E-state index is 3.72. The molecule has 1 heterocycles. The number of fused-ring (bicyclic) bond motifs is 2. The van der Waals surface area contributed by atoms with Gasteiger partial charge in [-0.2, -0.15) is 0 Å². The van der Waals surface area contributed by atoms with Gasteiger partial charge >= 0.3 is 212 Å². The van der Waals surface area contributed by atoms with E-state index in [9.17, 15) is 0 Å². The van der Waals surface area contributed by atoms with Crippen molar-refractivity contribution in [2.24, 2.45) is 0 Å². The molecule has 4 heteroatoms. The molecule has 0 atom stereocenters. The Hall–Kier alpha value is -0.796. The van der Waals surface area contributed by atoms with Crippen molar-refractivity contribution in [3.8, 4) is 0 Å². The summed E-state index contributed by atoms with van der Waals surface area (Å²) < 4.78 is 5.34. The molecule has 0 aromatic heterocycles. The molecule has 1 aliphatic rings. The summed E-state index contributed by atoms with van der Waals surface area (Å²) in [5.41, 5.74) is 8.99. The third-order valence-electron chi connectivity index (χ3n) is 6.26. The Balaban J connectivity index is 2.08. The fraction of sp³-hybridized carbons (Fsp3) is 0.333. The van der Waals surface area contributed by atoms with Gasteiger partial charge in [0, 0.05) is 0 Å². The van der Waals surface area contributed by atoms with Crippen LogP contribution in [-0.2, 0) is 0 Å². The van der Waals surface area contributed by atoms with Gasteiger partial charge in [0.1, 0.15) is 0 Å². The quantitative estimate of drug-likeness (QED) is 0.286. The van der Waals surface area contributed by atoms with Gasteiger partial charge in [-0.15, -0.1) is 0 Å². The van der Waals surface area contributed by atoms with Crippen LogP contribution in [0.4, 0.5) is 0 Å². The summed E-state index contributed by atoms with van der Waals surface area (Å²) in [7, 11) is 0. The zero-order valence-electron chi connectivity index (χ0n) is 19.1. The van der Waals surface area contributed by atoms with Crippen LogP contribution in [-0.4, -0.2) is 21.7 Å². The summed E-state index contributed by atoms with van der Waals surface area (Å²) >= 11 is 7.75. The van der Waals surface area contributed by atoms with Crippen LogP contribution in [0.3, 0.4) is 0 Å². The van der Waals surface area contributed by atoms with E-state index in [0.29, 0.717) is 32.7 Å². The monoisotopic (exact) mass is 602 g/mol. The fourth-order valence-electron chi connectivity index (χ4n) is 4.61. The van der Waals surface area contributed by atoms with Gasteiger partial charge in [-0.1, -0.05) is 0 Å². The summed E-state index contributed by atoms with van der Waals surface area (Å²) in [6, 6.07) is 18.8. The molecule has 31 heavy (non-hydrogen) atoms. The van der Waals surface area contributed by atoms with Crippen molar-refractivity contribution in [3.05, 3.63) is 74.2 Å². The summed E-state index contributed by atoms with van der Waals surface area (Å²) in [6.07, 6.45) is 0. The van der Waals surface area contributed by atoms with Crippen LogP contribution in [0.5, 0.6) is 0 Å². The molecule has 3 aromatic carbocycles. The summed E-state index contributed by atoms with van der Waals surface area (Å²) in [5.74, 6) is 1.50. The first-order chi connectivity index (χ1) is 14.7. The molecule has 0 aliphatic carbocycles. The van der Waals surface area contributed by atoms with Crippen molar-refractivity contribution in [2.45, 2.75) is 59.3 Å². The summed E-state index contributed by atoms with van der Waals surface area (Å²) in [5, 5.41) is 0. The van der Waals surface area contributed by atoms with E-state index in [0.717, 1.165) is 0 Å². The number of rotatable bonds is 4. The van der Waals surface area contributed by atoms with Gasteiger partial charge in [0.2, 0.25) is 0 Å². The second-order valence-corrected chi connectivity index (χ2v) is 13.6. The van der Waals surface area contributed by atoms with Crippen molar-refractivity contribution in [1.29, 1.82) is 0 Å². The van der Waals surface area contributed by atoms with Gasteiger partial charge in [-0.05, 0) is 0 Å². The molecule has 0 bridgehead atoms. The summed E-state index contributed by atoms with van der Waals surface area (Å²) in [6.45, 7) is 14.3. The third kappa shape index (κ3) is 4.51. The van der Waals surface area contributed by atoms with Crippen molar-refractivity contribution in [3.63, 3.8) is 0 Å². The predicted molar refractivity (Wildman–Crippen MR) is 147 cm³/mol. The molecule has 3 aromatic rings. The second-order valence-electron chi connectivity index (χ2n) is 9.48. The van der Waals surface area contributed by atoms with Crippen LogP contribution in [0, 0.1) is 0 Å². The van der Waals surface area contributed by atoms with E-state index in [-0.39, 0.29) is 6.71 Å². The molecule has 0 saturated heterocycles. The van der Waals surface area contributed by atoms with E-state index in [1.807, 2.05) is 0 Å². The van der Waals surface area contributed by atoms with E-state index in [4.69, 9.17) is 0 Å². The second kappa shape index (κ2) is 9.22. The predicted octanol–water partition coefficient (Wildman–Crippen LogP) is 5.07. The zero-order chi connectivity index (χ0) is 22.4. The SMILES string of the molecule is CC(C)c1cc(C(C)C)c(B2c3ccc(Br)cc3[Se]c3cc(Br)ccc32)c(C(C)C)c1. The van der Waals surface area contributed by atoms with E-state index in [2.05, 4.69) is 122 Å². The Kier molecular flexibility index (Phi) is 6.95. The van der Waals surface area contributed by atoms with Crippen molar-refractivity contribution in [2.75, 3.05) is 0 Å². The minimum atomic E-state index is 0.290. The van der Waals surface area contributed by atoms with Gasteiger partial charge in [0.25, 0.3) is 0 Å². The number of halogens is 2. The van der Waals surface area contributed by atoms with Crippen LogP contribution in [0.2, 0.25) is 0 Å². The van der Waals surface area contributed by atoms with Gasteiger partial charge < -0.3 is 0 Å². The topological polar surface area (TPSA) is 0 Å². The molecule has 0 N–H and O–H groups in total. The van der Waals surface area contributed by atoms with Crippen LogP contribution < -0.4 is 25.3 Å². The van der Waals surface area contributed by atoms with Crippen LogP contribution in [0.1, 0.15) is 76.0 Å². The number of benzene rings is 3.